The molecule has 31 heavy (non-hydrogen) atoms. The number of thiophene rings is 1. The van der Waals surface area contributed by atoms with E-state index >= 15 is 0 Å². The van der Waals surface area contributed by atoms with Crippen molar-refractivity contribution in [1.82, 2.24) is 0 Å². The molecule has 2 aromatic carbocycles. The van der Waals surface area contributed by atoms with Crippen LogP contribution >= 0.6 is 27.3 Å². The minimum atomic E-state index is -3.67. The number of benzene rings is 2. The van der Waals surface area contributed by atoms with Crippen molar-refractivity contribution < 1.29 is 33.0 Å². The van der Waals surface area contributed by atoms with Crippen molar-refractivity contribution in [2.75, 3.05) is 11.3 Å². The van der Waals surface area contributed by atoms with Gasteiger partial charge in [-0.25, -0.2) is 18.0 Å². The summed E-state index contributed by atoms with van der Waals surface area (Å²) in [5, 5.41) is 18.3. The molecule has 0 amide bonds. The molecule has 0 aliphatic heterocycles. The zero-order valence-electron chi connectivity index (χ0n) is 15.7. The maximum Gasteiger partial charge on any atom is 0.349 e. The van der Waals surface area contributed by atoms with Crippen LogP contribution in [0.3, 0.4) is 0 Å². The lowest BCUT2D eigenvalue weighted by atomic mass is 10.1. The monoisotopic (exact) mass is 525 g/mol. The average Bonchev–Trinajstić information content (AvgIpc) is 3.03. The number of ether oxygens (including phenoxy) is 1. The summed E-state index contributed by atoms with van der Waals surface area (Å²) in [7, 11) is -3.67. The van der Waals surface area contributed by atoms with Crippen molar-refractivity contribution in [3.8, 4) is 16.2 Å². The quantitative estimate of drug-likeness (QED) is 0.380. The number of carbonyl (C=O) groups is 2. The number of rotatable bonds is 9. The molecule has 0 aliphatic carbocycles. The van der Waals surface area contributed by atoms with Crippen molar-refractivity contribution in [2.45, 2.75) is 5.75 Å². The third-order valence-electron chi connectivity index (χ3n) is 3.94. The molecular weight excluding hydrogens is 510 g/mol. The van der Waals surface area contributed by atoms with E-state index in [9.17, 15) is 23.1 Å². The van der Waals surface area contributed by atoms with Gasteiger partial charge in [-0.3, -0.25) is 4.72 Å². The van der Waals surface area contributed by atoms with Gasteiger partial charge in [-0.05, 0) is 39.2 Å². The summed E-state index contributed by atoms with van der Waals surface area (Å²) in [6.07, 6.45) is 0. The minimum Gasteiger partial charge on any atom is -0.479 e. The Kier molecular flexibility index (Phi) is 6.98. The molecule has 0 aliphatic rings. The maximum atomic E-state index is 12.5. The van der Waals surface area contributed by atoms with Gasteiger partial charge in [0.25, 0.3) is 0 Å². The van der Waals surface area contributed by atoms with E-state index in [0.717, 1.165) is 11.3 Å². The Morgan fingerprint density at radius 3 is 2.42 bits per heavy atom. The number of carboxylic acids is 2. The predicted octanol–water partition coefficient (Wildman–Crippen LogP) is 4.28. The second-order valence-electron chi connectivity index (χ2n) is 6.32. The fraction of sp³-hybridized carbons (Fsp3) is 0.100. The summed E-state index contributed by atoms with van der Waals surface area (Å²) in [4.78, 5) is 22.7. The van der Waals surface area contributed by atoms with Crippen LogP contribution in [-0.4, -0.2) is 37.2 Å². The first-order valence-corrected chi connectivity index (χ1v) is 12.0. The largest absolute Gasteiger partial charge is 0.479 e. The molecule has 162 valence electrons. The molecule has 0 saturated carbocycles. The zero-order valence-corrected chi connectivity index (χ0v) is 19.0. The normalized spacial score (nSPS) is 11.1. The lowest BCUT2D eigenvalue weighted by Gasteiger charge is -2.09. The Bertz CT molecular complexity index is 1220. The van der Waals surface area contributed by atoms with Crippen LogP contribution in [0.2, 0.25) is 0 Å². The van der Waals surface area contributed by atoms with Gasteiger partial charge >= 0.3 is 11.9 Å². The van der Waals surface area contributed by atoms with Crippen LogP contribution in [0.25, 0.3) is 10.4 Å². The Labute approximate surface area is 190 Å². The molecule has 0 radical (unpaired) electrons. The van der Waals surface area contributed by atoms with Crippen LogP contribution < -0.4 is 9.46 Å². The molecule has 1 aromatic heterocycles. The third-order valence-corrected chi connectivity index (χ3v) is 7.43. The Morgan fingerprint density at radius 1 is 1.06 bits per heavy atom. The van der Waals surface area contributed by atoms with Crippen molar-refractivity contribution in [3.05, 3.63) is 69.5 Å². The number of aliphatic carboxylic acids is 1. The summed E-state index contributed by atoms with van der Waals surface area (Å²) in [5.74, 6) is -2.80. The van der Waals surface area contributed by atoms with Crippen LogP contribution in [0, 0.1) is 0 Å². The van der Waals surface area contributed by atoms with Gasteiger partial charge in [0.05, 0.1) is 15.1 Å². The number of sulfonamides is 1. The Balaban J connectivity index is 1.90. The summed E-state index contributed by atoms with van der Waals surface area (Å²) >= 11 is 4.16. The predicted molar refractivity (Wildman–Crippen MR) is 120 cm³/mol. The van der Waals surface area contributed by atoms with Crippen molar-refractivity contribution in [3.63, 3.8) is 0 Å². The molecule has 3 rings (SSSR count). The first-order valence-electron chi connectivity index (χ1n) is 8.71. The molecular formula is C20H16BrNO7S2. The second kappa shape index (κ2) is 9.50. The molecule has 0 saturated heterocycles. The molecule has 3 N–H and O–H groups in total. The average molecular weight is 526 g/mol. The lowest BCUT2D eigenvalue weighted by Crippen LogP contribution is -2.15. The molecule has 0 bridgehead atoms. The first-order chi connectivity index (χ1) is 14.7. The highest BCUT2D eigenvalue weighted by atomic mass is 79.9. The van der Waals surface area contributed by atoms with Crippen LogP contribution in [0.15, 0.2) is 59.1 Å². The van der Waals surface area contributed by atoms with Gasteiger partial charge < -0.3 is 14.9 Å². The summed E-state index contributed by atoms with van der Waals surface area (Å²) in [6, 6.07) is 15.2. The molecule has 0 spiro atoms. The number of halogens is 1. The smallest absolute Gasteiger partial charge is 0.349 e. The van der Waals surface area contributed by atoms with E-state index in [4.69, 9.17) is 9.84 Å². The van der Waals surface area contributed by atoms with Gasteiger partial charge in [0.2, 0.25) is 10.0 Å². The van der Waals surface area contributed by atoms with E-state index < -0.39 is 28.6 Å². The van der Waals surface area contributed by atoms with Crippen LogP contribution in [0.4, 0.5) is 5.69 Å². The van der Waals surface area contributed by atoms with E-state index in [1.54, 1.807) is 54.6 Å². The fourth-order valence-electron chi connectivity index (χ4n) is 2.72. The number of carboxylic acid groups (broad SMARTS) is 2. The molecule has 0 atom stereocenters. The topological polar surface area (TPSA) is 130 Å². The van der Waals surface area contributed by atoms with E-state index in [1.807, 2.05) is 0 Å². The van der Waals surface area contributed by atoms with Crippen LogP contribution in [-0.2, 0) is 20.6 Å². The van der Waals surface area contributed by atoms with Crippen LogP contribution in [0.1, 0.15) is 15.2 Å². The van der Waals surface area contributed by atoms with Gasteiger partial charge in [-0.2, -0.15) is 0 Å². The molecule has 11 heteroatoms. The number of nitrogens with one attached hydrogen (secondary N) is 1. The second-order valence-corrected chi connectivity index (χ2v) is 9.85. The van der Waals surface area contributed by atoms with Gasteiger partial charge in [-0.1, -0.05) is 42.5 Å². The third kappa shape index (κ3) is 5.84. The fourth-order valence-corrected chi connectivity index (χ4v) is 5.80. The summed E-state index contributed by atoms with van der Waals surface area (Å²) in [5.41, 5.74) is 1.47. The highest BCUT2D eigenvalue weighted by Crippen LogP contribution is 2.46. The van der Waals surface area contributed by atoms with Gasteiger partial charge in [-0.15, -0.1) is 11.3 Å². The van der Waals surface area contributed by atoms with E-state index in [-0.39, 0.29) is 20.9 Å². The SMILES string of the molecule is O=C(O)COc1c(C(=O)O)sc(-c2cccc(NS(=O)(=O)Cc3ccccc3)c2)c1Br. The summed E-state index contributed by atoms with van der Waals surface area (Å²) < 4.78 is 33.0. The van der Waals surface area contributed by atoms with Gasteiger partial charge in [0.15, 0.2) is 17.2 Å². The van der Waals surface area contributed by atoms with Gasteiger partial charge in [0.1, 0.15) is 0 Å². The van der Waals surface area contributed by atoms with Crippen molar-refractivity contribution in [2.24, 2.45) is 0 Å². The Hall–Kier alpha value is -2.89. The molecule has 3 aromatic rings. The first kappa shape index (κ1) is 22.8. The Morgan fingerprint density at radius 2 is 1.77 bits per heavy atom. The number of hydrogen-bond donors (Lipinski definition) is 3. The number of hydrogen-bond acceptors (Lipinski definition) is 6. The van der Waals surface area contributed by atoms with E-state index in [1.165, 1.54) is 0 Å². The lowest BCUT2D eigenvalue weighted by molar-refractivity contribution is -0.139. The highest BCUT2D eigenvalue weighted by Gasteiger charge is 2.24. The van der Waals surface area contributed by atoms with Crippen molar-refractivity contribution >= 4 is 54.9 Å². The molecule has 1 heterocycles. The van der Waals surface area contributed by atoms with E-state index in [0.29, 0.717) is 21.7 Å². The van der Waals surface area contributed by atoms with E-state index in [2.05, 4.69) is 20.7 Å². The minimum absolute atomic E-state index is 0.0926. The molecule has 0 fully saturated rings. The number of aromatic carboxylic acids is 1. The van der Waals surface area contributed by atoms with Crippen molar-refractivity contribution in [1.29, 1.82) is 0 Å². The molecule has 0 unspecified atom stereocenters. The zero-order chi connectivity index (χ0) is 22.6. The van der Waals surface area contributed by atoms with Crippen LogP contribution in [0.5, 0.6) is 5.75 Å². The highest BCUT2D eigenvalue weighted by molar-refractivity contribution is 9.10. The number of anilines is 1. The summed E-state index contributed by atoms with van der Waals surface area (Å²) in [6.45, 7) is -0.700. The standard InChI is InChI=1S/C20H16BrNO7S2/c21-16-17(29-10-15(23)24)19(20(25)26)30-18(16)13-7-4-8-14(9-13)22-31(27,28)11-12-5-2-1-3-6-12/h1-9,22H,10-11H2,(H,23,24)(H,25,26). The van der Waals surface area contributed by atoms with Gasteiger partial charge in [0, 0.05) is 5.69 Å². The molecule has 8 nitrogen and oxygen atoms in total. The maximum absolute atomic E-state index is 12.5.